The Morgan fingerprint density at radius 1 is 1.18 bits per heavy atom. The zero-order chi connectivity index (χ0) is 20.1. The number of carbonyl (C=O) groups is 2. The highest BCUT2D eigenvalue weighted by Crippen LogP contribution is 2.32. The molecule has 0 aliphatic carbocycles. The van der Waals surface area contributed by atoms with Crippen molar-refractivity contribution in [2.45, 2.75) is 45.2 Å². The van der Waals surface area contributed by atoms with Gasteiger partial charge in [0.25, 0.3) is 5.91 Å². The van der Waals surface area contributed by atoms with Gasteiger partial charge in [-0.3, -0.25) is 9.59 Å². The van der Waals surface area contributed by atoms with Gasteiger partial charge in [0.15, 0.2) is 0 Å². The highest BCUT2D eigenvalue weighted by atomic mass is 16.5. The first-order valence-electron chi connectivity index (χ1n) is 9.81. The summed E-state index contributed by atoms with van der Waals surface area (Å²) >= 11 is 0. The third kappa shape index (κ3) is 3.75. The number of hydrogen-bond acceptors (Lipinski definition) is 3. The molecule has 2 aromatic carbocycles. The molecule has 3 rings (SSSR count). The van der Waals surface area contributed by atoms with Crippen molar-refractivity contribution >= 4 is 11.8 Å². The van der Waals surface area contributed by atoms with E-state index in [4.69, 9.17) is 4.74 Å². The lowest BCUT2D eigenvalue weighted by Crippen LogP contribution is -2.62. The van der Waals surface area contributed by atoms with Gasteiger partial charge < -0.3 is 15.0 Å². The second-order valence-electron chi connectivity index (χ2n) is 7.41. The number of ether oxygens (including phenoxy) is 1. The molecule has 1 heterocycles. The smallest absolute Gasteiger partial charge is 0.255 e. The molecule has 0 saturated heterocycles. The third-order valence-electron chi connectivity index (χ3n) is 5.48. The van der Waals surface area contributed by atoms with Crippen molar-refractivity contribution in [3.8, 4) is 5.75 Å². The minimum Gasteiger partial charge on any atom is -0.496 e. The van der Waals surface area contributed by atoms with E-state index in [1.807, 2.05) is 55.5 Å². The first kappa shape index (κ1) is 19.9. The van der Waals surface area contributed by atoms with Crippen LogP contribution in [0.25, 0.3) is 0 Å². The number of hydrogen-bond donors (Lipinski definition) is 1. The van der Waals surface area contributed by atoms with Crippen LogP contribution >= 0.6 is 0 Å². The maximum Gasteiger partial charge on any atom is 0.255 e. The molecule has 1 N–H and O–H groups in total. The number of nitrogens with one attached hydrogen (secondary N) is 1. The van der Waals surface area contributed by atoms with Gasteiger partial charge >= 0.3 is 0 Å². The van der Waals surface area contributed by atoms with Gasteiger partial charge in [-0.15, -0.1) is 0 Å². The highest BCUT2D eigenvalue weighted by molar-refractivity contribution is 6.02. The van der Waals surface area contributed by atoms with Crippen LogP contribution in [0.1, 0.15) is 48.2 Å². The third-order valence-corrected chi connectivity index (χ3v) is 5.48. The van der Waals surface area contributed by atoms with Gasteiger partial charge in [-0.1, -0.05) is 49.7 Å². The molecule has 1 aliphatic rings. The monoisotopic (exact) mass is 380 g/mol. The number of rotatable bonds is 7. The second kappa shape index (κ2) is 8.46. The van der Waals surface area contributed by atoms with Crippen LogP contribution in [-0.4, -0.2) is 35.9 Å². The standard InChI is InChI=1S/C23H28N2O3/c1-4-5-14-25-21(26)19-12-8-6-10-17(19)15-23(25,2)22(27)24-16-18-11-7-9-13-20(18)28-3/h6-13H,4-5,14-16H2,1-3H3,(H,24,27)/t23-/m1/s1. The van der Waals surface area contributed by atoms with Crippen molar-refractivity contribution in [1.29, 1.82) is 0 Å². The molecule has 2 aromatic rings. The summed E-state index contributed by atoms with van der Waals surface area (Å²) in [5, 5.41) is 3.03. The van der Waals surface area contributed by atoms with Crippen molar-refractivity contribution < 1.29 is 14.3 Å². The summed E-state index contributed by atoms with van der Waals surface area (Å²) in [6.45, 7) is 4.88. The molecule has 1 aliphatic heterocycles. The number of carbonyl (C=O) groups excluding carboxylic acids is 2. The van der Waals surface area contributed by atoms with Crippen LogP contribution in [0.15, 0.2) is 48.5 Å². The average molecular weight is 380 g/mol. The number of benzene rings is 2. The van der Waals surface area contributed by atoms with E-state index in [0.717, 1.165) is 29.7 Å². The Kier molecular flexibility index (Phi) is 6.02. The maximum absolute atomic E-state index is 13.3. The molecule has 1 atom stereocenters. The molecule has 0 bridgehead atoms. The lowest BCUT2D eigenvalue weighted by Gasteiger charge is -2.44. The Bertz CT molecular complexity index is 864. The number of amides is 2. The molecular weight excluding hydrogens is 352 g/mol. The van der Waals surface area contributed by atoms with Crippen molar-refractivity contribution in [3.63, 3.8) is 0 Å². The Hall–Kier alpha value is -2.82. The zero-order valence-corrected chi connectivity index (χ0v) is 16.8. The Morgan fingerprint density at radius 3 is 2.64 bits per heavy atom. The van der Waals surface area contributed by atoms with E-state index in [1.54, 1.807) is 12.0 Å². The number of fused-ring (bicyclic) bond motifs is 1. The Balaban J connectivity index is 1.85. The minimum absolute atomic E-state index is 0.0646. The molecule has 5 heteroatoms. The molecule has 2 amide bonds. The van der Waals surface area contributed by atoms with Gasteiger partial charge in [-0.05, 0) is 31.0 Å². The fourth-order valence-corrected chi connectivity index (χ4v) is 3.80. The summed E-state index contributed by atoms with van der Waals surface area (Å²) in [6.07, 6.45) is 2.34. The van der Waals surface area contributed by atoms with E-state index in [9.17, 15) is 9.59 Å². The summed E-state index contributed by atoms with van der Waals surface area (Å²) in [4.78, 5) is 28.2. The zero-order valence-electron chi connectivity index (χ0n) is 16.8. The van der Waals surface area contributed by atoms with Crippen LogP contribution in [0.4, 0.5) is 0 Å². The first-order valence-corrected chi connectivity index (χ1v) is 9.81. The molecule has 148 valence electrons. The fourth-order valence-electron chi connectivity index (χ4n) is 3.80. The van der Waals surface area contributed by atoms with Crippen molar-refractivity contribution in [2.75, 3.05) is 13.7 Å². The molecule has 0 radical (unpaired) electrons. The van der Waals surface area contributed by atoms with Gasteiger partial charge in [-0.2, -0.15) is 0 Å². The normalized spacial score (nSPS) is 18.5. The topological polar surface area (TPSA) is 58.6 Å². The van der Waals surface area contributed by atoms with Crippen molar-refractivity contribution in [2.24, 2.45) is 0 Å². The van der Waals surface area contributed by atoms with E-state index >= 15 is 0 Å². The summed E-state index contributed by atoms with van der Waals surface area (Å²) in [7, 11) is 1.62. The van der Waals surface area contributed by atoms with Gasteiger partial charge in [0, 0.05) is 30.6 Å². The number of para-hydroxylation sites is 1. The number of nitrogens with zero attached hydrogens (tertiary/aromatic N) is 1. The van der Waals surface area contributed by atoms with Crippen molar-refractivity contribution in [3.05, 3.63) is 65.2 Å². The maximum atomic E-state index is 13.3. The SMILES string of the molecule is CCCCN1C(=O)c2ccccc2C[C@]1(C)C(=O)NCc1ccccc1OC. The molecule has 5 nitrogen and oxygen atoms in total. The van der Waals surface area contributed by atoms with Gasteiger partial charge in [0.1, 0.15) is 11.3 Å². The lowest BCUT2D eigenvalue weighted by atomic mass is 9.82. The second-order valence-corrected chi connectivity index (χ2v) is 7.41. The molecule has 0 saturated carbocycles. The Morgan fingerprint density at radius 2 is 1.89 bits per heavy atom. The quantitative estimate of drug-likeness (QED) is 0.799. The minimum atomic E-state index is -0.914. The van der Waals surface area contributed by atoms with Crippen LogP contribution < -0.4 is 10.1 Å². The molecule has 0 spiro atoms. The van der Waals surface area contributed by atoms with Crippen LogP contribution in [-0.2, 0) is 17.8 Å². The predicted octanol–water partition coefficient (Wildman–Crippen LogP) is 3.57. The summed E-state index contributed by atoms with van der Waals surface area (Å²) in [5.74, 6) is 0.531. The van der Waals surface area contributed by atoms with Gasteiger partial charge in [-0.25, -0.2) is 0 Å². The van der Waals surface area contributed by atoms with E-state index in [1.165, 1.54) is 0 Å². The predicted molar refractivity (Wildman–Crippen MR) is 109 cm³/mol. The van der Waals surface area contributed by atoms with E-state index in [2.05, 4.69) is 12.2 Å². The summed E-state index contributed by atoms with van der Waals surface area (Å²) in [5.41, 5.74) is 1.62. The largest absolute Gasteiger partial charge is 0.496 e. The molecule has 0 aromatic heterocycles. The van der Waals surface area contributed by atoms with Crippen LogP contribution in [0, 0.1) is 0 Å². The highest BCUT2D eigenvalue weighted by Gasteiger charge is 2.46. The number of methoxy groups -OCH3 is 1. The Labute approximate surface area is 166 Å². The average Bonchev–Trinajstić information content (AvgIpc) is 2.72. The molecule has 0 unspecified atom stereocenters. The summed E-state index contributed by atoms with van der Waals surface area (Å²) in [6, 6.07) is 15.2. The van der Waals surface area contributed by atoms with E-state index in [-0.39, 0.29) is 11.8 Å². The van der Waals surface area contributed by atoms with E-state index < -0.39 is 5.54 Å². The molecule has 28 heavy (non-hydrogen) atoms. The van der Waals surface area contributed by atoms with E-state index in [0.29, 0.717) is 25.1 Å². The molecular formula is C23H28N2O3. The first-order chi connectivity index (χ1) is 13.5. The van der Waals surface area contributed by atoms with Gasteiger partial charge in [0.2, 0.25) is 5.91 Å². The van der Waals surface area contributed by atoms with Crippen LogP contribution in [0.2, 0.25) is 0 Å². The molecule has 0 fully saturated rings. The lowest BCUT2D eigenvalue weighted by molar-refractivity contribution is -0.131. The van der Waals surface area contributed by atoms with Crippen LogP contribution in [0.3, 0.4) is 0 Å². The van der Waals surface area contributed by atoms with Crippen molar-refractivity contribution in [1.82, 2.24) is 10.2 Å². The fraction of sp³-hybridized carbons (Fsp3) is 0.391. The van der Waals surface area contributed by atoms with Gasteiger partial charge in [0.05, 0.1) is 7.11 Å². The van der Waals surface area contributed by atoms with Crippen LogP contribution in [0.5, 0.6) is 5.75 Å². The number of unbranched alkanes of at least 4 members (excludes halogenated alkanes) is 1. The summed E-state index contributed by atoms with van der Waals surface area (Å²) < 4.78 is 5.37.